The standard InChI is InChI=1S/C19H19Cl2N3O4/c1-2-9-23(12-18(25)22-17-11-14(20)5-8-16(17)21)19(26)10-13-3-6-15(7-4-13)24(27)28/h3-8,11H,2,9-10,12H2,1H3,(H,22,25). The molecule has 0 aliphatic carbocycles. The van der Waals surface area contributed by atoms with Crippen molar-refractivity contribution in [3.63, 3.8) is 0 Å². The lowest BCUT2D eigenvalue weighted by Crippen LogP contribution is -2.39. The van der Waals surface area contributed by atoms with Gasteiger partial charge in [0.2, 0.25) is 11.8 Å². The quantitative estimate of drug-likeness (QED) is 0.505. The molecule has 9 heteroatoms. The molecule has 0 aromatic heterocycles. The number of halogens is 2. The Labute approximate surface area is 172 Å². The summed E-state index contributed by atoms with van der Waals surface area (Å²) in [6.07, 6.45) is 0.723. The minimum absolute atomic E-state index is 0.0422. The lowest BCUT2D eigenvalue weighted by atomic mass is 10.1. The molecule has 0 saturated carbocycles. The average molecular weight is 424 g/mol. The lowest BCUT2D eigenvalue weighted by molar-refractivity contribution is -0.384. The molecular weight excluding hydrogens is 405 g/mol. The van der Waals surface area contributed by atoms with Gasteiger partial charge in [-0.15, -0.1) is 0 Å². The minimum Gasteiger partial charge on any atom is -0.333 e. The second-order valence-electron chi connectivity index (χ2n) is 6.09. The van der Waals surface area contributed by atoms with Crippen LogP contribution in [0.3, 0.4) is 0 Å². The van der Waals surface area contributed by atoms with Crippen LogP contribution in [0, 0.1) is 10.1 Å². The molecule has 0 bridgehead atoms. The van der Waals surface area contributed by atoms with Gasteiger partial charge in [0, 0.05) is 23.7 Å². The third-order valence-corrected chi connectivity index (χ3v) is 4.45. The number of nitro groups is 1. The van der Waals surface area contributed by atoms with E-state index >= 15 is 0 Å². The molecule has 0 heterocycles. The Morgan fingerprint density at radius 3 is 2.43 bits per heavy atom. The summed E-state index contributed by atoms with van der Waals surface area (Å²) in [5.41, 5.74) is 0.966. The number of hydrogen-bond acceptors (Lipinski definition) is 4. The summed E-state index contributed by atoms with van der Waals surface area (Å²) in [6, 6.07) is 10.5. The van der Waals surface area contributed by atoms with Crippen molar-refractivity contribution in [1.82, 2.24) is 4.90 Å². The molecule has 2 aromatic carbocycles. The van der Waals surface area contributed by atoms with Crippen molar-refractivity contribution in [3.05, 3.63) is 68.2 Å². The molecule has 0 spiro atoms. The van der Waals surface area contributed by atoms with Gasteiger partial charge in [0.15, 0.2) is 0 Å². The molecule has 0 aliphatic rings. The molecule has 28 heavy (non-hydrogen) atoms. The van der Waals surface area contributed by atoms with E-state index in [1.165, 1.54) is 35.2 Å². The van der Waals surface area contributed by atoms with Crippen molar-refractivity contribution in [2.75, 3.05) is 18.4 Å². The van der Waals surface area contributed by atoms with Gasteiger partial charge in [-0.2, -0.15) is 0 Å². The molecule has 2 aromatic rings. The van der Waals surface area contributed by atoms with Crippen molar-refractivity contribution >= 4 is 46.4 Å². The van der Waals surface area contributed by atoms with Crippen LogP contribution in [0.2, 0.25) is 10.0 Å². The van der Waals surface area contributed by atoms with Crippen LogP contribution >= 0.6 is 23.2 Å². The van der Waals surface area contributed by atoms with Gasteiger partial charge in [0.1, 0.15) is 0 Å². The Bertz CT molecular complexity index is 872. The van der Waals surface area contributed by atoms with Gasteiger partial charge in [-0.05, 0) is 30.2 Å². The number of non-ortho nitro benzene ring substituents is 1. The molecule has 7 nitrogen and oxygen atoms in total. The molecule has 0 atom stereocenters. The van der Waals surface area contributed by atoms with Crippen molar-refractivity contribution in [2.24, 2.45) is 0 Å². The Hall–Kier alpha value is -2.64. The number of nitrogens with one attached hydrogen (secondary N) is 1. The van der Waals surface area contributed by atoms with Crippen molar-refractivity contribution in [2.45, 2.75) is 19.8 Å². The fourth-order valence-corrected chi connectivity index (χ4v) is 2.88. The first kappa shape index (κ1) is 21.7. The van der Waals surface area contributed by atoms with Crippen molar-refractivity contribution in [1.29, 1.82) is 0 Å². The highest BCUT2D eigenvalue weighted by molar-refractivity contribution is 6.35. The molecule has 0 saturated heterocycles. The van der Waals surface area contributed by atoms with Crippen LogP contribution in [-0.2, 0) is 16.0 Å². The number of nitro benzene ring substituents is 1. The van der Waals surface area contributed by atoms with Gasteiger partial charge in [-0.3, -0.25) is 19.7 Å². The van der Waals surface area contributed by atoms with E-state index in [2.05, 4.69) is 5.32 Å². The van der Waals surface area contributed by atoms with E-state index in [0.29, 0.717) is 34.3 Å². The van der Waals surface area contributed by atoms with E-state index in [0.717, 1.165) is 0 Å². The number of anilines is 1. The number of benzene rings is 2. The van der Waals surface area contributed by atoms with Gasteiger partial charge in [0.05, 0.1) is 28.6 Å². The molecule has 0 aliphatic heterocycles. The van der Waals surface area contributed by atoms with E-state index in [4.69, 9.17) is 23.2 Å². The Balaban J connectivity index is 2.02. The molecule has 0 radical (unpaired) electrons. The summed E-state index contributed by atoms with van der Waals surface area (Å²) < 4.78 is 0. The highest BCUT2D eigenvalue weighted by Gasteiger charge is 2.18. The first-order valence-corrected chi connectivity index (χ1v) is 9.31. The highest BCUT2D eigenvalue weighted by atomic mass is 35.5. The SMILES string of the molecule is CCCN(CC(=O)Nc1cc(Cl)ccc1Cl)C(=O)Cc1ccc([N+](=O)[O-])cc1. The number of carbonyl (C=O) groups is 2. The van der Waals surface area contributed by atoms with Crippen LogP contribution in [0.25, 0.3) is 0 Å². The summed E-state index contributed by atoms with van der Waals surface area (Å²) in [4.78, 5) is 36.6. The van der Waals surface area contributed by atoms with Crippen LogP contribution in [0.4, 0.5) is 11.4 Å². The van der Waals surface area contributed by atoms with Gasteiger partial charge in [-0.25, -0.2) is 0 Å². The summed E-state index contributed by atoms with van der Waals surface area (Å²) >= 11 is 12.0. The zero-order valence-electron chi connectivity index (χ0n) is 15.2. The predicted octanol–water partition coefficient (Wildman–Crippen LogP) is 4.32. The van der Waals surface area contributed by atoms with Crippen LogP contribution in [0.1, 0.15) is 18.9 Å². The van der Waals surface area contributed by atoms with Crippen LogP contribution in [0.5, 0.6) is 0 Å². The second kappa shape index (κ2) is 10.1. The maximum atomic E-state index is 12.6. The van der Waals surface area contributed by atoms with Crippen LogP contribution < -0.4 is 5.32 Å². The third kappa shape index (κ3) is 6.21. The summed E-state index contributed by atoms with van der Waals surface area (Å²) in [7, 11) is 0. The maximum Gasteiger partial charge on any atom is 0.269 e. The molecular formula is C19H19Cl2N3O4. The number of carbonyl (C=O) groups excluding carboxylic acids is 2. The number of rotatable bonds is 8. The molecule has 1 N–H and O–H groups in total. The average Bonchev–Trinajstić information content (AvgIpc) is 2.64. The molecule has 2 amide bonds. The topological polar surface area (TPSA) is 92.6 Å². The van der Waals surface area contributed by atoms with Gasteiger partial charge >= 0.3 is 0 Å². The predicted molar refractivity (Wildman–Crippen MR) is 109 cm³/mol. The van der Waals surface area contributed by atoms with Gasteiger partial charge < -0.3 is 10.2 Å². The zero-order valence-corrected chi connectivity index (χ0v) is 16.7. The fourth-order valence-electron chi connectivity index (χ4n) is 2.54. The second-order valence-corrected chi connectivity index (χ2v) is 6.93. The first-order chi connectivity index (χ1) is 13.3. The maximum absolute atomic E-state index is 12.6. The Morgan fingerprint density at radius 2 is 1.82 bits per heavy atom. The van der Waals surface area contributed by atoms with E-state index in [1.807, 2.05) is 6.92 Å². The number of amides is 2. The summed E-state index contributed by atoms with van der Waals surface area (Å²) in [6.45, 7) is 2.17. The monoisotopic (exact) mass is 423 g/mol. The van der Waals surface area contributed by atoms with Crippen molar-refractivity contribution < 1.29 is 14.5 Å². The Morgan fingerprint density at radius 1 is 1.14 bits per heavy atom. The fraction of sp³-hybridized carbons (Fsp3) is 0.263. The summed E-state index contributed by atoms with van der Waals surface area (Å²) in [5, 5.41) is 14.1. The van der Waals surface area contributed by atoms with E-state index in [9.17, 15) is 19.7 Å². The lowest BCUT2D eigenvalue weighted by Gasteiger charge is -2.22. The first-order valence-electron chi connectivity index (χ1n) is 8.56. The minimum atomic E-state index is -0.500. The van der Waals surface area contributed by atoms with Gasteiger partial charge in [0.25, 0.3) is 5.69 Å². The third-order valence-electron chi connectivity index (χ3n) is 3.89. The largest absolute Gasteiger partial charge is 0.333 e. The summed E-state index contributed by atoms with van der Waals surface area (Å²) in [5.74, 6) is -0.641. The van der Waals surface area contributed by atoms with Crippen molar-refractivity contribution in [3.8, 4) is 0 Å². The van der Waals surface area contributed by atoms with Gasteiger partial charge in [-0.1, -0.05) is 42.3 Å². The number of hydrogen-bond donors (Lipinski definition) is 1. The highest BCUT2D eigenvalue weighted by Crippen LogP contribution is 2.25. The molecule has 2 rings (SSSR count). The van der Waals surface area contributed by atoms with Crippen LogP contribution in [-0.4, -0.2) is 34.7 Å². The van der Waals surface area contributed by atoms with Crippen LogP contribution in [0.15, 0.2) is 42.5 Å². The molecule has 0 fully saturated rings. The van der Waals surface area contributed by atoms with E-state index in [-0.39, 0.29) is 24.6 Å². The smallest absolute Gasteiger partial charge is 0.269 e. The van der Waals surface area contributed by atoms with E-state index < -0.39 is 10.8 Å². The number of nitrogens with zero attached hydrogens (tertiary/aromatic N) is 2. The van der Waals surface area contributed by atoms with E-state index in [1.54, 1.807) is 12.1 Å². The Kier molecular flexibility index (Phi) is 7.78. The molecule has 148 valence electrons. The molecule has 0 unspecified atom stereocenters. The normalized spacial score (nSPS) is 10.4. The zero-order chi connectivity index (χ0) is 20.7.